The van der Waals surface area contributed by atoms with Gasteiger partial charge >= 0.3 is 0 Å². The van der Waals surface area contributed by atoms with Crippen LogP contribution in [0.25, 0.3) is 0 Å². The highest BCUT2D eigenvalue weighted by Gasteiger charge is 2.41. The summed E-state index contributed by atoms with van der Waals surface area (Å²) in [5.41, 5.74) is 0.783. The Morgan fingerprint density at radius 2 is 1.80 bits per heavy atom. The number of amides is 2. The second-order valence-electron chi connectivity index (χ2n) is 5.62. The largest absolute Gasteiger partial charge is 0.348 e. The van der Waals surface area contributed by atoms with Gasteiger partial charge in [0, 0.05) is 5.02 Å². The highest BCUT2D eigenvalue weighted by atomic mass is 35.5. The Balaban J connectivity index is 1.76. The number of carbonyl (C=O) groups excluding carboxylic acids is 2. The average Bonchev–Trinajstić information content (AvgIpc) is 2.76. The fourth-order valence-corrected chi connectivity index (χ4v) is 4.53. The molecule has 1 heterocycles. The van der Waals surface area contributed by atoms with Crippen LogP contribution in [0.1, 0.15) is 28.9 Å². The molecule has 1 aliphatic heterocycles. The van der Waals surface area contributed by atoms with Gasteiger partial charge in [0.1, 0.15) is 11.4 Å². The van der Waals surface area contributed by atoms with E-state index >= 15 is 0 Å². The van der Waals surface area contributed by atoms with E-state index in [4.69, 9.17) is 11.6 Å². The van der Waals surface area contributed by atoms with Crippen molar-refractivity contribution in [3.05, 3.63) is 64.7 Å². The molecule has 0 saturated carbocycles. The van der Waals surface area contributed by atoms with Crippen LogP contribution in [0.15, 0.2) is 53.4 Å². The SMILES string of the molecule is CC(NC(=O)CN1C(=O)c2ccccc2S1(=O)=O)c1ccccc1Cl. The molecular weight excluding hydrogens is 364 g/mol. The lowest BCUT2D eigenvalue weighted by molar-refractivity contribution is -0.121. The molecule has 1 unspecified atom stereocenters. The Bertz CT molecular complexity index is 959. The fourth-order valence-electron chi connectivity index (χ4n) is 2.71. The molecule has 0 aliphatic carbocycles. The molecular formula is C17H15ClN2O4S. The quantitative estimate of drug-likeness (QED) is 0.885. The Hall–Kier alpha value is -2.38. The molecule has 8 heteroatoms. The number of nitrogens with zero attached hydrogens (tertiary/aromatic N) is 1. The molecule has 2 aromatic carbocycles. The van der Waals surface area contributed by atoms with Crippen LogP contribution in [0.3, 0.4) is 0 Å². The normalized spacial score (nSPS) is 16.4. The van der Waals surface area contributed by atoms with Gasteiger partial charge in [-0.25, -0.2) is 12.7 Å². The zero-order valence-electron chi connectivity index (χ0n) is 13.3. The van der Waals surface area contributed by atoms with Crippen molar-refractivity contribution in [2.75, 3.05) is 6.54 Å². The van der Waals surface area contributed by atoms with Gasteiger partial charge in [-0.2, -0.15) is 0 Å². The molecule has 1 aliphatic rings. The molecule has 0 saturated heterocycles. The lowest BCUT2D eigenvalue weighted by Gasteiger charge is -2.19. The molecule has 0 aromatic heterocycles. The van der Waals surface area contributed by atoms with Crippen molar-refractivity contribution in [3.63, 3.8) is 0 Å². The summed E-state index contributed by atoms with van der Waals surface area (Å²) in [6, 6.07) is 12.5. The number of hydrogen-bond donors (Lipinski definition) is 1. The predicted molar refractivity (Wildman–Crippen MR) is 92.7 cm³/mol. The fraction of sp³-hybridized carbons (Fsp3) is 0.176. The van der Waals surface area contributed by atoms with Gasteiger partial charge < -0.3 is 5.32 Å². The van der Waals surface area contributed by atoms with E-state index in [1.54, 1.807) is 37.3 Å². The first-order valence-electron chi connectivity index (χ1n) is 7.52. The van der Waals surface area contributed by atoms with Crippen LogP contribution >= 0.6 is 11.6 Å². The molecule has 0 radical (unpaired) electrons. The van der Waals surface area contributed by atoms with Gasteiger partial charge in [0.05, 0.1) is 11.6 Å². The van der Waals surface area contributed by atoms with Gasteiger partial charge in [-0.15, -0.1) is 0 Å². The second-order valence-corrected chi connectivity index (χ2v) is 7.86. The van der Waals surface area contributed by atoms with Gasteiger partial charge in [0.25, 0.3) is 15.9 Å². The van der Waals surface area contributed by atoms with Gasteiger partial charge in [-0.3, -0.25) is 9.59 Å². The van der Waals surface area contributed by atoms with Gasteiger partial charge in [-0.05, 0) is 30.7 Å². The predicted octanol–water partition coefficient (Wildman–Crippen LogP) is 2.36. The number of hydrogen-bond acceptors (Lipinski definition) is 4. The average molecular weight is 379 g/mol. The van der Waals surface area contributed by atoms with Gasteiger partial charge in [0.2, 0.25) is 5.91 Å². The van der Waals surface area contributed by atoms with Crippen molar-refractivity contribution in [3.8, 4) is 0 Å². The third kappa shape index (κ3) is 3.12. The van der Waals surface area contributed by atoms with E-state index in [1.807, 2.05) is 0 Å². The highest BCUT2D eigenvalue weighted by Crippen LogP contribution is 2.29. The van der Waals surface area contributed by atoms with E-state index in [0.717, 1.165) is 0 Å². The summed E-state index contributed by atoms with van der Waals surface area (Å²) in [5.74, 6) is -1.28. The topological polar surface area (TPSA) is 83.6 Å². The third-order valence-corrected chi connectivity index (χ3v) is 6.08. The van der Waals surface area contributed by atoms with E-state index in [1.165, 1.54) is 18.2 Å². The molecule has 0 spiro atoms. The summed E-state index contributed by atoms with van der Waals surface area (Å²) in [6.45, 7) is 1.15. The molecule has 1 N–H and O–H groups in total. The molecule has 6 nitrogen and oxygen atoms in total. The van der Waals surface area contributed by atoms with Crippen LogP contribution in [0.4, 0.5) is 0 Å². The summed E-state index contributed by atoms with van der Waals surface area (Å²) < 4.78 is 25.5. The maximum Gasteiger partial charge on any atom is 0.269 e. The van der Waals surface area contributed by atoms with E-state index in [9.17, 15) is 18.0 Å². The van der Waals surface area contributed by atoms with Crippen molar-refractivity contribution >= 4 is 33.4 Å². The first-order chi connectivity index (χ1) is 11.8. The van der Waals surface area contributed by atoms with E-state index in [0.29, 0.717) is 14.9 Å². The molecule has 1 atom stereocenters. The smallest absolute Gasteiger partial charge is 0.269 e. The second kappa shape index (κ2) is 6.50. The minimum absolute atomic E-state index is 0.0769. The third-order valence-electron chi connectivity index (χ3n) is 3.95. The summed E-state index contributed by atoms with van der Waals surface area (Å²) >= 11 is 6.09. The molecule has 3 rings (SSSR count). The number of benzene rings is 2. The number of sulfonamides is 1. The van der Waals surface area contributed by atoms with Crippen molar-refractivity contribution in [1.82, 2.24) is 9.62 Å². The van der Waals surface area contributed by atoms with Crippen LogP contribution in [-0.2, 0) is 14.8 Å². The van der Waals surface area contributed by atoms with Gasteiger partial charge in [0.15, 0.2) is 0 Å². The van der Waals surface area contributed by atoms with Crippen LogP contribution in [0.2, 0.25) is 5.02 Å². The Labute approximate surface area is 150 Å². The molecule has 0 bridgehead atoms. The lowest BCUT2D eigenvalue weighted by Crippen LogP contribution is -2.41. The minimum atomic E-state index is -4.00. The molecule has 2 aromatic rings. The van der Waals surface area contributed by atoms with Crippen molar-refractivity contribution in [1.29, 1.82) is 0 Å². The van der Waals surface area contributed by atoms with E-state index < -0.39 is 34.4 Å². The Morgan fingerprint density at radius 1 is 1.16 bits per heavy atom. The van der Waals surface area contributed by atoms with Crippen LogP contribution in [0.5, 0.6) is 0 Å². The number of halogens is 1. The van der Waals surface area contributed by atoms with Crippen LogP contribution in [0, 0.1) is 0 Å². The lowest BCUT2D eigenvalue weighted by atomic mass is 10.1. The zero-order valence-corrected chi connectivity index (χ0v) is 14.8. The summed E-state index contributed by atoms with van der Waals surface area (Å²) in [6.07, 6.45) is 0. The zero-order chi connectivity index (χ0) is 18.2. The highest BCUT2D eigenvalue weighted by molar-refractivity contribution is 7.90. The maximum atomic E-state index is 12.4. The maximum absolute atomic E-state index is 12.4. The first kappa shape index (κ1) is 17.4. The minimum Gasteiger partial charge on any atom is -0.348 e. The van der Waals surface area contributed by atoms with Gasteiger partial charge in [-0.1, -0.05) is 41.9 Å². The first-order valence-corrected chi connectivity index (χ1v) is 9.34. The number of rotatable bonds is 4. The number of carbonyl (C=O) groups is 2. The molecule has 0 fully saturated rings. The number of fused-ring (bicyclic) bond motifs is 1. The van der Waals surface area contributed by atoms with Crippen LogP contribution < -0.4 is 5.32 Å². The number of nitrogens with one attached hydrogen (secondary N) is 1. The van der Waals surface area contributed by atoms with Crippen molar-refractivity contribution in [2.45, 2.75) is 17.9 Å². The molecule has 25 heavy (non-hydrogen) atoms. The molecule has 2 amide bonds. The standard InChI is InChI=1S/C17H15ClN2O4S/c1-11(12-6-2-4-8-14(12)18)19-16(21)10-20-17(22)13-7-3-5-9-15(13)25(20,23)24/h2-9,11H,10H2,1H3,(H,19,21). The van der Waals surface area contributed by atoms with Crippen molar-refractivity contribution < 1.29 is 18.0 Å². The Kier molecular flexibility index (Phi) is 4.53. The summed E-state index contributed by atoms with van der Waals surface area (Å²) in [5, 5.41) is 3.16. The van der Waals surface area contributed by atoms with Crippen LogP contribution in [-0.4, -0.2) is 31.1 Å². The summed E-state index contributed by atoms with van der Waals surface area (Å²) in [4.78, 5) is 24.5. The monoisotopic (exact) mass is 378 g/mol. The summed E-state index contributed by atoms with van der Waals surface area (Å²) in [7, 11) is -4.00. The van der Waals surface area contributed by atoms with E-state index in [2.05, 4.69) is 5.32 Å². The van der Waals surface area contributed by atoms with Crippen molar-refractivity contribution in [2.24, 2.45) is 0 Å². The molecule has 130 valence electrons. The van der Waals surface area contributed by atoms with E-state index in [-0.39, 0.29) is 10.5 Å². The Morgan fingerprint density at radius 3 is 2.48 bits per heavy atom.